The Labute approximate surface area is 160 Å². The Balaban J connectivity index is 1.79. The number of carbonyl (C=O) groups is 2. The zero-order valence-electron chi connectivity index (χ0n) is 15.2. The molecule has 0 aliphatic rings. The number of ether oxygens (including phenoxy) is 1. The number of hydrogen-bond acceptors (Lipinski definition) is 6. The van der Waals surface area contributed by atoms with E-state index >= 15 is 0 Å². The topological polar surface area (TPSA) is 93.5 Å². The van der Waals surface area contributed by atoms with Gasteiger partial charge >= 0.3 is 6.09 Å². The summed E-state index contributed by atoms with van der Waals surface area (Å²) in [6.07, 6.45) is 1.03. The maximum absolute atomic E-state index is 12.7. The highest BCUT2D eigenvalue weighted by molar-refractivity contribution is 7.15. The van der Waals surface area contributed by atoms with E-state index in [0.717, 1.165) is 10.4 Å². The minimum atomic E-state index is -0.539. The fourth-order valence-electron chi connectivity index (χ4n) is 2.48. The van der Waals surface area contributed by atoms with Crippen molar-refractivity contribution >= 4 is 34.7 Å². The van der Waals surface area contributed by atoms with Crippen molar-refractivity contribution < 1.29 is 18.7 Å². The highest BCUT2D eigenvalue weighted by atomic mass is 32.1. The van der Waals surface area contributed by atoms with Crippen LogP contribution in [0.15, 0.2) is 41.0 Å². The summed E-state index contributed by atoms with van der Waals surface area (Å²) in [5.74, 6) is 0.303. The first-order valence-electron chi connectivity index (χ1n) is 8.35. The normalized spacial score (nSPS) is 10.5. The molecule has 0 saturated carbocycles. The molecule has 3 aromatic rings. The van der Waals surface area contributed by atoms with Crippen molar-refractivity contribution in [1.82, 2.24) is 4.98 Å². The number of nitrogens with one attached hydrogen (secondary N) is 2. The highest BCUT2D eigenvalue weighted by Crippen LogP contribution is 2.29. The molecule has 0 saturated heterocycles. The van der Waals surface area contributed by atoms with Gasteiger partial charge in [-0.15, -0.1) is 11.3 Å². The van der Waals surface area contributed by atoms with Crippen LogP contribution in [-0.4, -0.2) is 23.6 Å². The lowest BCUT2D eigenvalue weighted by Crippen LogP contribution is -2.17. The van der Waals surface area contributed by atoms with Gasteiger partial charge in [0, 0.05) is 16.3 Å². The number of aryl methyl sites for hydroxylation is 1. The Morgan fingerprint density at radius 2 is 1.89 bits per heavy atom. The van der Waals surface area contributed by atoms with Crippen LogP contribution >= 0.6 is 11.3 Å². The zero-order valence-corrected chi connectivity index (χ0v) is 16.0. The van der Waals surface area contributed by atoms with Crippen molar-refractivity contribution in [2.24, 2.45) is 0 Å². The summed E-state index contributed by atoms with van der Waals surface area (Å²) < 4.78 is 10.2. The van der Waals surface area contributed by atoms with Crippen molar-refractivity contribution in [2.75, 3.05) is 17.2 Å². The van der Waals surface area contributed by atoms with Crippen LogP contribution in [0.2, 0.25) is 0 Å². The number of rotatable bonds is 5. The number of anilines is 2. The van der Waals surface area contributed by atoms with Gasteiger partial charge in [-0.25, -0.2) is 9.78 Å². The molecule has 0 aliphatic heterocycles. The average Bonchev–Trinajstić information content (AvgIpc) is 3.28. The fourth-order valence-corrected chi connectivity index (χ4v) is 3.36. The Hall–Kier alpha value is -3.13. The van der Waals surface area contributed by atoms with Gasteiger partial charge in [0.15, 0.2) is 10.8 Å². The van der Waals surface area contributed by atoms with E-state index in [0.29, 0.717) is 27.8 Å². The van der Waals surface area contributed by atoms with Crippen molar-refractivity contribution in [3.8, 4) is 10.8 Å². The Morgan fingerprint density at radius 1 is 1.15 bits per heavy atom. The molecule has 2 heterocycles. The van der Waals surface area contributed by atoms with Crippen LogP contribution in [0.25, 0.3) is 10.8 Å². The monoisotopic (exact) mass is 385 g/mol. The SMILES string of the molecule is CCOC(=O)Nc1cccc(NC(=O)c2nc(-c3ccco3)sc2C)c1C. The van der Waals surface area contributed by atoms with Gasteiger partial charge in [0.1, 0.15) is 5.69 Å². The second kappa shape index (κ2) is 8.05. The van der Waals surface area contributed by atoms with Crippen molar-refractivity contribution in [2.45, 2.75) is 20.8 Å². The molecule has 140 valence electrons. The first-order valence-corrected chi connectivity index (χ1v) is 9.17. The maximum atomic E-state index is 12.7. The largest absolute Gasteiger partial charge is 0.462 e. The van der Waals surface area contributed by atoms with E-state index in [4.69, 9.17) is 9.15 Å². The smallest absolute Gasteiger partial charge is 0.411 e. The molecule has 1 aromatic carbocycles. The van der Waals surface area contributed by atoms with Crippen LogP contribution in [0.5, 0.6) is 0 Å². The molecular weight excluding hydrogens is 366 g/mol. The number of amides is 2. The van der Waals surface area contributed by atoms with Crippen LogP contribution in [-0.2, 0) is 4.74 Å². The first kappa shape index (κ1) is 18.7. The summed E-state index contributed by atoms with van der Waals surface area (Å²) in [5, 5.41) is 6.16. The quantitative estimate of drug-likeness (QED) is 0.655. The molecule has 0 aliphatic carbocycles. The Bertz CT molecular complexity index is 964. The molecule has 7 nitrogen and oxygen atoms in total. The summed E-state index contributed by atoms with van der Waals surface area (Å²) in [4.78, 5) is 29.5. The molecular formula is C19H19N3O4S. The van der Waals surface area contributed by atoms with Crippen LogP contribution < -0.4 is 10.6 Å². The molecule has 0 fully saturated rings. The third-order valence-electron chi connectivity index (χ3n) is 3.84. The number of furan rings is 1. The van der Waals surface area contributed by atoms with Crippen molar-refractivity contribution in [3.63, 3.8) is 0 Å². The van der Waals surface area contributed by atoms with E-state index in [1.807, 2.05) is 6.92 Å². The van der Waals surface area contributed by atoms with Crippen molar-refractivity contribution in [3.05, 3.63) is 52.7 Å². The minimum Gasteiger partial charge on any atom is -0.462 e. The van der Waals surface area contributed by atoms with Crippen LogP contribution in [0.3, 0.4) is 0 Å². The average molecular weight is 385 g/mol. The highest BCUT2D eigenvalue weighted by Gasteiger charge is 2.19. The molecule has 0 spiro atoms. The predicted molar refractivity (Wildman–Crippen MR) is 104 cm³/mol. The van der Waals surface area contributed by atoms with Gasteiger partial charge in [-0.05, 0) is 50.6 Å². The standard InChI is InChI=1S/C19H19N3O4S/c1-4-25-19(24)21-14-8-5-7-13(11(14)2)20-17(23)16-12(3)27-18(22-16)15-9-6-10-26-15/h5-10H,4H2,1-3H3,(H,20,23)(H,21,24). The van der Waals surface area contributed by atoms with E-state index in [1.54, 1.807) is 50.4 Å². The van der Waals surface area contributed by atoms with Gasteiger partial charge in [-0.1, -0.05) is 6.07 Å². The summed E-state index contributed by atoms with van der Waals surface area (Å²) in [6, 6.07) is 8.82. The van der Waals surface area contributed by atoms with E-state index in [2.05, 4.69) is 15.6 Å². The molecule has 0 radical (unpaired) electrons. The number of hydrogen-bond donors (Lipinski definition) is 2. The van der Waals surface area contributed by atoms with Gasteiger partial charge in [-0.2, -0.15) is 0 Å². The molecule has 0 unspecified atom stereocenters. The summed E-state index contributed by atoms with van der Waals surface area (Å²) in [7, 11) is 0. The molecule has 0 atom stereocenters. The Morgan fingerprint density at radius 3 is 2.56 bits per heavy atom. The predicted octanol–water partition coefficient (Wildman–Crippen LogP) is 4.84. The molecule has 8 heteroatoms. The molecule has 3 rings (SSSR count). The minimum absolute atomic E-state index is 0.280. The molecule has 27 heavy (non-hydrogen) atoms. The zero-order chi connectivity index (χ0) is 19.4. The van der Waals surface area contributed by atoms with Gasteiger partial charge in [-0.3, -0.25) is 10.1 Å². The van der Waals surface area contributed by atoms with Gasteiger partial charge in [0.05, 0.1) is 12.9 Å². The number of benzene rings is 1. The number of aromatic nitrogens is 1. The molecule has 0 bridgehead atoms. The van der Waals surface area contributed by atoms with E-state index in [-0.39, 0.29) is 12.5 Å². The van der Waals surface area contributed by atoms with Crippen LogP contribution in [0, 0.1) is 13.8 Å². The van der Waals surface area contributed by atoms with Gasteiger partial charge < -0.3 is 14.5 Å². The van der Waals surface area contributed by atoms with Gasteiger partial charge in [0.25, 0.3) is 5.91 Å². The lowest BCUT2D eigenvalue weighted by atomic mass is 10.1. The summed E-state index contributed by atoms with van der Waals surface area (Å²) >= 11 is 1.39. The van der Waals surface area contributed by atoms with E-state index in [9.17, 15) is 9.59 Å². The van der Waals surface area contributed by atoms with E-state index < -0.39 is 6.09 Å². The summed E-state index contributed by atoms with van der Waals surface area (Å²) in [5.41, 5.74) is 2.21. The van der Waals surface area contributed by atoms with E-state index in [1.165, 1.54) is 11.3 Å². The van der Waals surface area contributed by atoms with Gasteiger partial charge in [0.2, 0.25) is 0 Å². The van der Waals surface area contributed by atoms with Crippen molar-refractivity contribution in [1.29, 1.82) is 0 Å². The summed E-state index contributed by atoms with van der Waals surface area (Å²) in [6.45, 7) is 5.66. The maximum Gasteiger partial charge on any atom is 0.411 e. The fraction of sp³-hybridized carbons (Fsp3) is 0.211. The molecule has 2 N–H and O–H groups in total. The number of nitrogens with zero attached hydrogens (tertiary/aromatic N) is 1. The molecule has 2 aromatic heterocycles. The Kier molecular flexibility index (Phi) is 5.56. The lowest BCUT2D eigenvalue weighted by molar-refractivity contribution is 0.102. The third-order valence-corrected chi connectivity index (χ3v) is 4.82. The number of carbonyl (C=O) groups excluding carboxylic acids is 2. The second-order valence-corrected chi connectivity index (χ2v) is 6.88. The number of thiazole rings is 1. The second-order valence-electron chi connectivity index (χ2n) is 5.68. The van der Waals surface area contributed by atoms with Crippen LogP contribution in [0.1, 0.15) is 27.9 Å². The van der Waals surface area contributed by atoms with Crippen LogP contribution in [0.4, 0.5) is 16.2 Å². The first-order chi connectivity index (χ1) is 13.0. The molecule has 2 amide bonds. The third kappa shape index (κ3) is 4.17. The lowest BCUT2D eigenvalue weighted by Gasteiger charge is -2.13.